The van der Waals surface area contributed by atoms with Crippen molar-refractivity contribution < 1.29 is 16.8 Å². The summed E-state index contributed by atoms with van der Waals surface area (Å²) in [5.74, 6) is 0. The van der Waals surface area contributed by atoms with Crippen molar-refractivity contribution in [3.05, 3.63) is 54.1 Å². The van der Waals surface area contributed by atoms with Crippen LogP contribution >= 0.6 is 0 Å². The maximum absolute atomic E-state index is 12.4. The van der Waals surface area contributed by atoms with E-state index in [0.717, 1.165) is 51.2 Å². The predicted molar refractivity (Wildman–Crippen MR) is 112 cm³/mol. The quantitative estimate of drug-likeness (QED) is 0.714. The average Bonchev–Trinajstić information content (AvgIpc) is 2.65. The van der Waals surface area contributed by atoms with E-state index < -0.39 is 19.7 Å². The molecule has 2 aromatic rings. The maximum atomic E-state index is 12.4. The standard InChI is InChI=1S/C21H27NO4S2/c1-27(23,24)19-13-14-20(21(16-19)28(2,25)26)22-15-7-6-10-18(22)12-11-17-8-4-3-5-9-17/h3-5,8-9,13-14,16,18H,6-7,10-12,15H2,1-2H3. The Morgan fingerprint density at radius 2 is 1.64 bits per heavy atom. The normalized spacial score (nSPS) is 18.2. The minimum absolute atomic E-state index is 0.0366. The zero-order valence-corrected chi connectivity index (χ0v) is 18.0. The second-order valence-corrected chi connectivity index (χ2v) is 11.5. The molecule has 2 aromatic carbocycles. The third kappa shape index (κ3) is 4.94. The molecule has 1 unspecified atom stereocenters. The first-order valence-corrected chi connectivity index (χ1v) is 13.3. The Balaban J connectivity index is 1.94. The summed E-state index contributed by atoms with van der Waals surface area (Å²) in [6.45, 7) is 0.778. The van der Waals surface area contributed by atoms with E-state index in [9.17, 15) is 16.8 Å². The fourth-order valence-electron chi connectivity index (χ4n) is 3.86. The summed E-state index contributed by atoms with van der Waals surface area (Å²) in [4.78, 5) is 2.30. The molecule has 0 spiro atoms. The molecule has 1 fully saturated rings. The zero-order valence-electron chi connectivity index (χ0n) is 16.3. The van der Waals surface area contributed by atoms with Gasteiger partial charge in [-0.2, -0.15) is 0 Å². The molecule has 0 radical (unpaired) electrons. The summed E-state index contributed by atoms with van der Waals surface area (Å²) in [5, 5.41) is 0. The number of nitrogens with zero attached hydrogens (tertiary/aromatic N) is 1. The molecule has 0 N–H and O–H groups in total. The number of hydrogen-bond donors (Lipinski definition) is 0. The Labute approximate surface area is 168 Å². The first-order chi connectivity index (χ1) is 13.2. The van der Waals surface area contributed by atoms with Gasteiger partial charge in [0.15, 0.2) is 19.7 Å². The molecule has 1 saturated heterocycles. The van der Waals surface area contributed by atoms with Gasteiger partial charge in [-0.25, -0.2) is 16.8 Å². The van der Waals surface area contributed by atoms with Crippen LogP contribution in [-0.4, -0.2) is 41.9 Å². The number of benzene rings is 2. The molecule has 0 bridgehead atoms. The highest BCUT2D eigenvalue weighted by Gasteiger charge is 2.28. The van der Waals surface area contributed by atoms with Crippen LogP contribution in [0.3, 0.4) is 0 Å². The Morgan fingerprint density at radius 1 is 0.929 bits per heavy atom. The topological polar surface area (TPSA) is 71.5 Å². The molecule has 1 aliphatic rings. The fourth-order valence-corrected chi connectivity index (χ4v) is 5.48. The van der Waals surface area contributed by atoms with Gasteiger partial charge in [-0.05, 0) is 55.9 Å². The molecular formula is C21H27NO4S2. The van der Waals surface area contributed by atoms with Crippen LogP contribution in [0.5, 0.6) is 0 Å². The first-order valence-electron chi connectivity index (χ1n) is 9.51. The van der Waals surface area contributed by atoms with Crippen LogP contribution in [0.25, 0.3) is 0 Å². The van der Waals surface area contributed by atoms with Crippen molar-refractivity contribution in [1.82, 2.24) is 0 Å². The van der Waals surface area contributed by atoms with Gasteiger partial charge in [-0.3, -0.25) is 0 Å². The molecule has 1 heterocycles. The number of anilines is 1. The molecular weight excluding hydrogens is 394 g/mol. The van der Waals surface area contributed by atoms with Gasteiger partial charge in [0.1, 0.15) is 0 Å². The van der Waals surface area contributed by atoms with Crippen molar-refractivity contribution in [1.29, 1.82) is 0 Å². The minimum Gasteiger partial charge on any atom is -0.367 e. The van der Waals surface area contributed by atoms with Gasteiger partial charge in [0.05, 0.1) is 15.5 Å². The van der Waals surface area contributed by atoms with Crippen molar-refractivity contribution in [2.45, 2.75) is 47.9 Å². The van der Waals surface area contributed by atoms with E-state index in [1.165, 1.54) is 17.7 Å². The van der Waals surface area contributed by atoms with E-state index in [1.54, 1.807) is 6.07 Å². The lowest BCUT2D eigenvalue weighted by atomic mass is 9.95. The van der Waals surface area contributed by atoms with Crippen LogP contribution in [0.4, 0.5) is 5.69 Å². The second kappa shape index (κ2) is 8.25. The summed E-state index contributed by atoms with van der Waals surface area (Å²) in [5.41, 5.74) is 1.89. The summed E-state index contributed by atoms with van der Waals surface area (Å²) in [6.07, 6.45) is 7.21. The lowest BCUT2D eigenvalue weighted by Crippen LogP contribution is -2.40. The number of piperidine rings is 1. The van der Waals surface area contributed by atoms with Crippen LogP contribution in [0.1, 0.15) is 31.2 Å². The van der Waals surface area contributed by atoms with Crippen LogP contribution in [-0.2, 0) is 26.1 Å². The van der Waals surface area contributed by atoms with E-state index >= 15 is 0 Å². The van der Waals surface area contributed by atoms with Crippen LogP contribution < -0.4 is 4.90 Å². The van der Waals surface area contributed by atoms with Gasteiger partial charge in [-0.15, -0.1) is 0 Å². The van der Waals surface area contributed by atoms with Crippen molar-refractivity contribution in [2.75, 3.05) is 24.0 Å². The smallest absolute Gasteiger partial charge is 0.177 e. The Hall–Kier alpha value is -1.86. The van der Waals surface area contributed by atoms with Crippen molar-refractivity contribution in [2.24, 2.45) is 0 Å². The monoisotopic (exact) mass is 421 g/mol. The predicted octanol–water partition coefficient (Wildman–Crippen LogP) is 3.49. The second-order valence-electron chi connectivity index (χ2n) is 7.54. The average molecular weight is 422 g/mol. The van der Waals surface area contributed by atoms with Crippen LogP contribution in [0, 0.1) is 0 Å². The number of sulfone groups is 2. The van der Waals surface area contributed by atoms with Crippen molar-refractivity contribution >= 4 is 25.4 Å². The number of rotatable bonds is 6. The molecule has 152 valence electrons. The van der Waals surface area contributed by atoms with Crippen molar-refractivity contribution in [3.63, 3.8) is 0 Å². The van der Waals surface area contributed by atoms with Crippen molar-refractivity contribution in [3.8, 4) is 0 Å². The number of aryl methyl sites for hydroxylation is 1. The third-order valence-electron chi connectivity index (χ3n) is 5.30. The maximum Gasteiger partial charge on any atom is 0.177 e. The van der Waals surface area contributed by atoms with Gasteiger partial charge >= 0.3 is 0 Å². The highest BCUT2D eigenvalue weighted by molar-refractivity contribution is 7.91. The lowest BCUT2D eigenvalue weighted by molar-refractivity contribution is 0.436. The molecule has 1 aliphatic heterocycles. The van der Waals surface area contributed by atoms with Gasteiger partial charge < -0.3 is 4.90 Å². The molecule has 28 heavy (non-hydrogen) atoms. The third-order valence-corrected chi connectivity index (χ3v) is 7.54. The Bertz CT molecular complexity index is 1030. The zero-order chi connectivity index (χ0) is 20.4. The highest BCUT2D eigenvalue weighted by Crippen LogP contribution is 2.34. The summed E-state index contributed by atoms with van der Waals surface area (Å²) < 4.78 is 48.7. The van der Waals surface area contributed by atoms with Gasteiger partial charge in [0, 0.05) is 25.1 Å². The SMILES string of the molecule is CS(=O)(=O)c1ccc(N2CCCCC2CCc2ccccc2)c(S(C)(=O)=O)c1. The Kier molecular flexibility index (Phi) is 6.15. The summed E-state index contributed by atoms with van der Waals surface area (Å²) in [7, 11) is -7.04. The van der Waals surface area contributed by atoms with E-state index in [1.807, 2.05) is 18.2 Å². The molecule has 1 atom stereocenters. The fraction of sp³-hybridized carbons (Fsp3) is 0.429. The first kappa shape index (κ1) is 20.9. The molecule has 0 aromatic heterocycles. The molecule has 0 amide bonds. The van der Waals surface area contributed by atoms with Gasteiger partial charge in [0.2, 0.25) is 0 Å². The molecule has 5 nitrogen and oxygen atoms in total. The summed E-state index contributed by atoms with van der Waals surface area (Å²) >= 11 is 0. The molecule has 0 aliphatic carbocycles. The molecule has 0 saturated carbocycles. The van der Waals surface area contributed by atoms with E-state index in [2.05, 4.69) is 17.0 Å². The number of hydrogen-bond acceptors (Lipinski definition) is 5. The lowest BCUT2D eigenvalue weighted by Gasteiger charge is -2.38. The van der Waals surface area contributed by atoms with Crippen LogP contribution in [0.15, 0.2) is 58.3 Å². The Morgan fingerprint density at radius 3 is 2.29 bits per heavy atom. The van der Waals surface area contributed by atoms with E-state index in [0.29, 0.717) is 5.69 Å². The molecule has 7 heteroatoms. The van der Waals surface area contributed by atoms with Crippen LogP contribution in [0.2, 0.25) is 0 Å². The molecule has 3 rings (SSSR count). The van der Waals surface area contributed by atoms with E-state index in [-0.39, 0.29) is 15.8 Å². The van der Waals surface area contributed by atoms with Gasteiger partial charge in [0.25, 0.3) is 0 Å². The van der Waals surface area contributed by atoms with Gasteiger partial charge in [-0.1, -0.05) is 30.3 Å². The highest BCUT2D eigenvalue weighted by atomic mass is 32.2. The summed E-state index contributed by atoms with van der Waals surface area (Å²) in [6, 6.07) is 15.0. The minimum atomic E-state index is -3.56. The van der Waals surface area contributed by atoms with E-state index in [4.69, 9.17) is 0 Å². The largest absolute Gasteiger partial charge is 0.367 e.